The van der Waals surface area contributed by atoms with Crippen molar-refractivity contribution in [2.75, 3.05) is 0 Å². The maximum atomic E-state index is 3.12. The Kier molecular flexibility index (Phi) is 7.73. The molecule has 1 aliphatic carbocycles. The minimum absolute atomic E-state index is 0.989. The minimum Gasteiger partial charge on any atom is -0.101 e. The molecule has 0 bridgehead atoms. The van der Waals surface area contributed by atoms with Gasteiger partial charge in [-0.2, -0.15) is 0 Å². The molecule has 0 saturated heterocycles. The van der Waals surface area contributed by atoms with Crippen LogP contribution in [0.5, 0.6) is 0 Å². The molecule has 0 saturated carbocycles. The average molecular weight is 302 g/mol. The van der Waals surface area contributed by atoms with Gasteiger partial charge in [-0.1, -0.05) is 51.7 Å². The van der Waals surface area contributed by atoms with Crippen LogP contribution in [-0.2, 0) is 6.42 Å². The first-order chi connectivity index (χ1) is 11.3. The lowest BCUT2D eigenvalue weighted by molar-refractivity contribution is 1.26. The van der Waals surface area contributed by atoms with E-state index >= 15 is 0 Å². The van der Waals surface area contributed by atoms with E-state index in [1.54, 1.807) is 0 Å². The monoisotopic (exact) mass is 302 g/mol. The quantitative estimate of drug-likeness (QED) is 0.443. The van der Waals surface area contributed by atoms with Gasteiger partial charge < -0.3 is 0 Å². The first-order valence-corrected chi connectivity index (χ1v) is 8.43. The summed E-state index contributed by atoms with van der Waals surface area (Å²) in [5.41, 5.74) is 7.62. The fraction of sp³-hybridized carbons (Fsp3) is 0.304. The van der Waals surface area contributed by atoms with Crippen LogP contribution < -0.4 is 0 Å². The van der Waals surface area contributed by atoms with Gasteiger partial charge in [0.05, 0.1) is 0 Å². The Hall–Kier alpha value is -2.44. The van der Waals surface area contributed by atoms with Crippen molar-refractivity contribution in [2.24, 2.45) is 0 Å². The van der Waals surface area contributed by atoms with Gasteiger partial charge >= 0.3 is 0 Å². The van der Waals surface area contributed by atoms with Gasteiger partial charge in [-0.15, -0.1) is 11.8 Å². The molecule has 0 unspecified atom stereocenters. The van der Waals surface area contributed by atoms with Gasteiger partial charge in [0.15, 0.2) is 0 Å². The number of fused-ring (bicyclic) bond motifs is 3. The molecule has 0 heterocycles. The van der Waals surface area contributed by atoms with Crippen LogP contribution in [0.1, 0.15) is 63.8 Å². The van der Waals surface area contributed by atoms with E-state index in [4.69, 9.17) is 0 Å². The zero-order valence-electron chi connectivity index (χ0n) is 15.2. The third-order valence-corrected chi connectivity index (χ3v) is 3.42. The minimum atomic E-state index is 0.989. The third kappa shape index (κ3) is 4.28. The summed E-state index contributed by atoms with van der Waals surface area (Å²) in [6, 6.07) is 13.0. The zero-order chi connectivity index (χ0) is 17.2. The van der Waals surface area contributed by atoms with Crippen LogP contribution >= 0.6 is 0 Å². The highest BCUT2D eigenvalue weighted by Crippen LogP contribution is 2.37. The molecule has 0 fully saturated rings. The van der Waals surface area contributed by atoms with Crippen molar-refractivity contribution in [3.63, 3.8) is 0 Å². The lowest BCUT2D eigenvalue weighted by atomic mass is 10.0. The molecular weight excluding hydrogens is 276 g/mol. The molecule has 0 aliphatic heterocycles. The second-order valence-corrected chi connectivity index (χ2v) is 4.67. The van der Waals surface area contributed by atoms with Crippen LogP contribution in [0.15, 0.2) is 36.4 Å². The molecule has 0 aromatic heterocycles. The fourth-order valence-corrected chi connectivity index (χ4v) is 2.65. The van der Waals surface area contributed by atoms with Gasteiger partial charge in [-0.25, -0.2) is 0 Å². The predicted molar refractivity (Wildman–Crippen MR) is 102 cm³/mol. The highest BCUT2D eigenvalue weighted by atomic mass is 14.2. The van der Waals surface area contributed by atoms with Crippen LogP contribution in [0.4, 0.5) is 0 Å². The van der Waals surface area contributed by atoms with E-state index in [0.717, 1.165) is 17.5 Å². The predicted octanol–water partition coefficient (Wildman–Crippen LogP) is 6.05. The Morgan fingerprint density at radius 3 is 1.39 bits per heavy atom. The summed E-state index contributed by atoms with van der Waals surface area (Å²) < 4.78 is 0. The Balaban J connectivity index is 0.000000615. The fourth-order valence-electron chi connectivity index (χ4n) is 2.65. The van der Waals surface area contributed by atoms with Crippen molar-refractivity contribution in [3.05, 3.63) is 58.7 Å². The second-order valence-electron chi connectivity index (χ2n) is 4.67. The normalized spacial score (nSPS) is 9.30. The lowest BCUT2D eigenvalue weighted by Crippen LogP contribution is -1.83. The van der Waals surface area contributed by atoms with Crippen LogP contribution in [0, 0.1) is 23.7 Å². The Labute approximate surface area is 142 Å². The molecule has 3 rings (SSSR count). The van der Waals surface area contributed by atoms with Crippen molar-refractivity contribution < 1.29 is 0 Å². The standard InChI is InChI=1S/C19H14.2C2H6/c1-3-5-14-7-9-18-16(11-14)13-17-12-15(6-4-2)8-10-19(17)18;2*1-2/h7-12H,13H2,1-2H3;2*1-2H3. The van der Waals surface area contributed by atoms with Gasteiger partial charge in [0.1, 0.15) is 0 Å². The number of hydrogen-bond acceptors (Lipinski definition) is 0. The van der Waals surface area contributed by atoms with Crippen molar-refractivity contribution >= 4 is 0 Å². The lowest BCUT2D eigenvalue weighted by Gasteiger charge is -2.01. The molecular formula is C23H26. The Bertz CT molecular complexity index is 704. The highest BCUT2D eigenvalue weighted by molar-refractivity contribution is 5.78. The van der Waals surface area contributed by atoms with Gasteiger partial charge in [-0.3, -0.25) is 0 Å². The van der Waals surface area contributed by atoms with Crippen LogP contribution in [0.25, 0.3) is 11.1 Å². The number of hydrogen-bond donors (Lipinski definition) is 0. The van der Waals surface area contributed by atoms with E-state index in [-0.39, 0.29) is 0 Å². The summed E-state index contributed by atoms with van der Waals surface area (Å²) in [4.78, 5) is 0. The smallest absolute Gasteiger partial charge is 0.0248 e. The number of benzene rings is 2. The van der Waals surface area contributed by atoms with Gasteiger partial charge in [0.25, 0.3) is 0 Å². The molecule has 118 valence electrons. The van der Waals surface area contributed by atoms with Crippen LogP contribution in [0.2, 0.25) is 0 Å². The second kappa shape index (κ2) is 9.55. The molecule has 0 radical (unpaired) electrons. The Morgan fingerprint density at radius 2 is 1.04 bits per heavy atom. The van der Waals surface area contributed by atoms with Gasteiger partial charge in [0, 0.05) is 11.1 Å². The summed E-state index contributed by atoms with van der Waals surface area (Å²) >= 11 is 0. The highest BCUT2D eigenvalue weighted by Gasteiger charge is 2.18. The Morgan fingerprint density at radius 1 is 0.652 bits per heavy atom. The summed E-state index contributed by atoms with van der Waals surface area (Å²) in [5, 5.41) is 0. The molecule has 1 aliphatic rings. The molecule has 23 heavy (non-hydrogen) atoms. The summed E-state index contributed by atoms with van der Waals surface area (Å²) in [6.07, 6.45) is 0.989. The van der Waals surface area contributed by atoms with Crippen LogP contribution in [0.3, 0.4) is 0 Å². The summed E-state index contributed by atoms with van der Waals surface area (Å²) in [7, 11) is 0. The summed E-state index contributed by atoms with van der Waals surface area (Å²) in [5.74, 6) is 12.2. The van der Waals surface area contributed by atoms with E-state index in [2.05, 4.69) is 60.1 Å². The van der Waals surface area contributed by atoms with Crippen molar-refractivity contribution in [3.8, 4) is 34.8 Å². The van der Waals surface area contributed by atoms with E-state index in [1.807, 2.05) is 41.5 Å². The average Bonchev–Trinajstić information content (AvgIpc) is 2.96. The molecule has 0 spiro atoms. The molecule has 0 heteroatoms. The molecule has 2 aromatic rings. The van der Waals surface area contributed by atoms with E-state index in [0.29, 0.717) is 0 Å². The maximum absolute atomic E-state index is 3.12. The van der Waals surface area contributed by atoms with Gasteiger partial charge in [0.2, 0.25) is 0 Å². The van der Waals surface area contributed by atoms with E-state index in [1.165, 1.54) is 22.3 Å². The zero-order valence-corrected chi connectivity index (χ0v) is 15.2. The van der Waals surface area contributed by atoms with E-state index < -0.39 is 0 Å². The molecule has 0 amide bonds. The first kappa shape index (κ1) is 18.6. The molecule has 2 aromatic carbocycles. The van der Waals surface area contributed by atoms with Crippen molar-refractivity contribution in [1.82, 2.24) is 0 Å². The van der Waals surface area contributed by atoms with Crippen molar-refractivity contribution in [2.45, 2.75) is 48.0 Å². The van der Waals surface area contributed by atoms with E-state index in [9.17, 15) is 0 Å². The topological polar surface area (TPSA) is 0 Å². The molecule has 0 nitrogen and oxygen atoms in total. The van der Waals surface area contributed by atoms with Gasteiger partial charge in [-0.05, 0) is 66.8 Å². The largest absolute Gasteiger partial charge is 0.101 e. The first-order valence-electron chi connectivity index (χ1n) is 8.43. The summed E-state index contributed by atoms with van der Waals surface area (Å²) in [6.45, 7) is 11.7. The SMILES string of the molecule is CC.CC.CC#Cc1ccc2c(c1)Cc1cc(C#CC)ccc1-2. The van der Waals surface area contributed by atoms with Crippen molar-refractivity contribution in [1.29, 1.82) is 0 Å². The molecule has 0 atom stereocenters. The maximum Gasteiger partial charge on any atom is 0.0248 e. The molecule has 0 N–H and O–H groups in total. The third-order valence-electron chi connectivity index (χ3n) is 3.42. The van der Waals surface area contributed by atoms with Crippen LogP contribution in [-0.4, -0.2) is 0 Å². The number of rotatable bonds is 0.